The van der Waals surface area contributed by atoms with Crippen molar-refractivity contribution in [1.29, 1.82) is 0 Å². The molecule has 0 atom stereocenters. The van der Waals surface area contributed by atoms with Crippen LogP contribution in [0.3, 0.4) is 0 Å². The Balaban J connectivity index is 1.94. The van der Waals surface area contributed by atoms with Gasteiger partial charge in [-0.05, 0) is 86.3 Å². The van der Waals surface area contributed by atoms with Gasteiger partial charge in [0.1, 0.15) is 23.7 Å². The van der Waals surface area contributed by atoms with Crippen LogP contribution in [0.2, 0.25) is 5.02 Å². The number of aromatic nitrogens is 1. The Bertz CT molecular complexity index is 1430. The molecule has 0 spiro atoms. The first-order chi connectivity index (χ1) is 18.0. The molecule has 38 heavy (non-hydrogen) atoms. The molecule has 0 saturated carbocycles. The van der Waals surface area contributed by atoms with Crippen LogP contribution in [-0.2, 0) is 16.1 Å². The molecule has 4 rings (SSSR count). The first-order valence-electron chi connectivity index (χ1n) is 12.2. The number of hydrogen-bond donors (Lipinski definition) is 1. The van der Waals surface area contributed by atoms with E-state index in [1.807, 2.05) is 6.92 Å². The molecule has 198 valence electrons. The number of benzene rings is 2. The van der Waals surface area contributed by atoms with Crippen LogP contribution in [0.25, 0.3) is 22.3 Å². The maximum Gasteiger partial charge on any atom is 0.357 e. The van der Waals surface area contributed by atoms with Crippen molar-refractivity contribution in [2.24, 2.45) is 0 Å². The van der Waals surface area contributed by atoms with Gasteiger partial charge in [-0.25, -0.2) is 14.6 Å². The maximum absolute atomic E-state index is 13.5. The van der Waals surface area contributed by atoms with Crippen molar-refractivity contribution in [3.05, 3.63) is 70.0 Å². The largest absolute Gasteiger partial charge is 0.488 e. The second-order valence-electron chi connectivity index (χ2n) is 9.83. The fourth-order valence-corrected chi connectivity index (χ4v) is 4.29. The summed E-state index contributed by atoms with van der Waals surface area (Å²) in [6, 6.07) is 11.9. The third kappa shape index (κ3) is 5.65. The summed E-state index contributed by atoms with van der Waals surface area (Å²) in [6.45, 7) is 7.96. The summed E-state index contributed by atoms with van der Waals surface area (Å²) in [5.74, 6) is -1.09. The van der Waals surface area contributed by atoms with Crippen molar-refractivity contribution in [2.75, 3.05) is 13.7 Å². The molecule has 1 amide bonds. The molecule has 0 bridgehead atoms. The molecule has 0 unspecified atom stereocenters. The lowest BCUT2D eigenvalue weighted by Gasteiger charge is -2.25. The van der Waals surface area contributed by atoms with E-state index in [0.29, 0.717) is 28.4 Å². The van der Waals surface area contributed by atoms with Crippen molar-refractivity contribution in [2.45, 2.75) is 46.3 Å². The average molecular weight is 537 g/mol. The van der Waals surface area contributed by atoms with Crippen molar-refractivity contribution in [3.63, 3.8) is 0 Å². The molecule has 0 fully saturated rings. The lowest BCUT2D eigenvalue weighted by atomic mass is 9.88. The summed E-state index contributed by atoms with van der Waals surface area (Å²) < 4.78 is 16.6. The SMILES string of the molecule is CCCNC(=O)c1ccc(-c2cc3c(cc2C(=O)OC(C)(C)C)-c2cc(Cl)ccc2OC3)c(C(=O)OC)n1. The fourth-order valence-electron chi connectivity index (χ4n) is 4.12. The Morgan fingerprint density at radius 3 is 2.45 bits per heavy atom. The van der Waals surface area contributed by atoms with Gasteiger partial charge in [0.15, 0.2) is 5.69 Å². The summed E-state index contributed by atoms with van der Waals surface area (Å²) in [7, 11) is 1.23. The van der Waals surface area contributed by atoms with Crippen molar-refractivity contribution in [3.8, 4) is 28.0 Å². The molecule has 1 aliphatic rings. The molecule has 2 heterocycles. The van der Waals surface area contributed by atoms with Gasteiger partial charge in [-0.3, -0.25) is 4.79 Å². The van der Waals surface area contributed by atoms with Crippen molar-refractivity contribution in [1.82, 2.24) is 10.3 Å². The summed E-state index contributed by atoms with van der Waals surface area (Å²) in [5.41, 5.74) is 2.44. The van der Waals surface area contributed by atoms with Crippen LogP contribution in [0.4, 0.5) is 0 Å². The maximum atomic E-state index is 13.5. The minimum atomic E-state index is -0.765. The number of esters is 2. The number of halogens is 1. The van der Waals surface area contributed by atoms with E-state index in [2.05, 4.69) is 10.3 Å². The minimum Gasteiger partial charge on any atom is -0.488 e. The molecule has 0 aliphatic carbocycles. The zero-order valence-electron chi connectivity index (χ0n) is 21.9. The smallest absolute Gasteiger partial charge is 0.357 e. The van der Waals surface area contributed by atoms with Gasteiger partial charge in [-0.1, -0.05) is 18.5 Å². The summed E-state index contributed by atoms with van der Waals surface area (Å²) in [4.78, 5) is 43.2. The molecule has 2 aromatic carbocycles. The zero-order chi connectivity index (χ0) is 27.6. The van der Waals surface area contributed by atoms with E-state index >= 15 is 0 Å². The van der Waals surface area contributed by atoms with Gasteiger partial charge in [-0.2, -0.15) is 0 Å². The van der Waals surface area contributed by atoms with Gasteiger partial charge < -0.3 is 19.5 Å². The predicted molar refractivity (Wildman–Crippen MR) is 144 cm³/mol. The molecule has 0 radical (unpaired) electrons. The van der Waals surface area contributed by atoms with Crippen LogP contribution < -0.4 is 10.1 Å². The first kappa shape index (κ1) is 27.1. The zero-order valence-corrected chi connectivity index (χ0v) is 22.7. The summed E-state index contributed by atoms with van der Waals surface area (Å²) in [6.07, 6.45) is 0.748. The van der Waals surface area contributed by atoms with E-state index in [1.54, 1.807) is 57.2 Å². The van der Waals surface area contributed by atoms with Gasteiger partial charge in [-0.15, -0.1) is 0 Å². The first-order valence-corrected chi connectivity index (χ1v) is 12.6. The van der Waals surface area contributed by atoms with E-state index in [1.165, 1.54) is 13.2 Å². The third-order valence-corrected chi connectivity index (χ3v) is 6.04. The van der Waals surface area contributed by atoms with Crippen LogP contribution in [0.15, 0.2) is 42.5 Å². The van der Waals surface area contributed by atoms with Gasteiger partial charge in [0, 0.05) is 22.7 Å². The van der Waals surface area contributed by atoms with Gasteiger partial charge in [0.05, 0.1) is 12.7 Å². The summed E-state index contributed by atoms with van der Waals surface area (Å²) >= 11 is 6.26. The van der Waals surface area contributed by atoms with Gasteiger partial charge >= 0.3 is 11.9 Å². The number of rotatable bonds is 6. The Morgan fingerprint density at radius 1 is 1.00 bits per heavy atom. The van der Waals surface area contributed by atoms with E-state index in [4.69, 9.17) is 25.8 Å². The average Bonchev–Trinajstić information content (AvgIpc) is 2.89. The number of fused-ring (bicyclic) bond motifs is 3. The Labute approximate surface area is 226 Å². The Morgan fingerprint density at radius 2 is 1.76 bits per heavy atom. The quantitative estimate of drug-likeness (QED) is 0.394. The number of nitrogens with zero attached hydrogens (tertiary/aromatic N) is 1. The second-order valence-corrected chi connectivity index (χ2v) is 10.3. The lowest BCUT2D eigenvalue weighted by Crippen LogP contribution is -2.26. The van der Waals surface area contributed by atoms with Crippen LogP contribution >= 0.6 is 11.6 Å². The number of carbonyl (C=O) groups is 3. The topological polar surface area (TPSA) is 104 Å². The highest BCUT2D eigenvalue weighted by atomic mass is 35.5. The minimum absolute atomic E-state index is 0.0614. The number of pyridine rings is 1. The van der Waals surface area contributed by atoms with Crippen LogP contribution in [-0.4, -0.2) is 42.1 Å². The normalized spacial score (nSPS) is 12.1. The number of nitrogens with one attached hydrogen (secondary N) is 1. The molecule has 8 nitrogen and oxygen atoms in total. The van der Waals surface area contributed by atoms with Crippen molar-refractivity contribution < 1.29 is 28.6 Å². The molecule has 9 heteroatoms. The highest BCUT2D eigenvalue weighted by Gasteiger charge is 2.29. The number of hydrogen-bond acceptors (Lipinski definition) is 7. The van der Waals surface area contributed by atoms with Crippen LogP contribution in [0, 0.1) is 0 Å². The molecule has 1 N–H and O–H groups in total. The number of amides is 1. The van der Waals surface area contributed by atoms with Gasteiger partial charge in [0.2, 0.25) is 0 Å². The molecular weight excluding hydrogens is 508 g/mol. The van der Waals surface area contributed by atoms with E-state index in [-0.39, 0.29) is 23.6 Å². The molecule has 3 aromatic rings. The highest BCUT2D eigenvalue weighted by Crippen LogP contribution is 2.42. The summed E-state index contributed by atoms with van der Waals surface area (Å²) in [5, 5.41) is 3.27. The fraction of sp³-hybridized carbons (Fsp3) is 0.310. The van der Waals surface area contributed by atoms with E-state index < -0.39 is 23.4 Å². The van der Waals surface area contributed by atoms with E-state index in [0.717, 1.165) is 23.1 Å². The Hall–Kier alpha value is -3.91. The third-order valence-electron chi connectivity index (χ3n) is 5.81. The number of ether oxygens (including phenoxy) is 3. The molecule has 1 aromatic heterocycles. The Kier molecular flexibility index (Phi) is 7.73. The standard InChI is InChI=1S/C29H29ClN2O6/c1-6-11-31-26(33)23-9-8-18(25(32-23)28(35)36-5)20-12-16-15-37-24-10-7-17(30)13-21(24)19(16)14-22(20)27(34)38-29(2,3)4/h7-10,12-14H,6,11,15H2,1-5H3,(H,31,33). The van der Waals surface area contributed by atoms with Gasteiger partial charge in [0.25, 0.3) is 5.91 Å². The monoisotopic (exact) mass is 536 g/mol. The predicted octanol–water partition coefficient (Wildman–Crippen LogP) is 5.84. The molecule has 1 aliphatic heterocycles. The van der Waals surface area contributed by atoms with Crippen molar-refractivity contribution >= 4 is 29.4 Å². The van der Waals surface area contributed by atoms with Crippen LogP contribution in [0.1, 0.15) is 71.0 Å². The lowest BCUT2D eigenvalue weighted by molar-refractivity contribution is 0.00699. The molecule has 0 saturated heterocycles. The number of methoxy groups -OCH3 is 1. The highest BCUT2D eigenvalue weighted by molar-refractivity contribution is 6.31. The number of carbonyl (C=O) groups excluding carboxylic acids is 3. The van der Waals surface area contributed by atoms with E-state index in [9.17, 15) is 14.4 Å². The second kappa shape index (κ2) is 10.8. The van der Waals surface area contributed by atoms with Crippen LogP contribution in [0.5, 0.6) is 5.75 Å². The molecular formula is C29H29ClN2O6.